The van der Waals surface area contributed by atoms with Crippen molar-refractivity contribution in [2.45, 2.75) is 13.1 Å². The van der Waals surface area contributed by atoms with Crippen LogP contribution in [0.2, 0.25) is 0 Å². The molecule has 1 atom stereocenters. The van der Waals surface area contributed by atoms with Gasteiger partial charge in [-0.15, -0.1) is 0 Å². The van der Waals surface area contributed by atoms with Crippen LogP contribution in [0, 0.1) is 0 Å². The Morgan fingerprint density at radius 3 is 2.71 bits per heavy atom. The van der Waals surface area contributed by atoms with Gasteiger partial charge in [0.15, 0.2) is 0 Å². The standard InChI is InChI=1S/C11H11BrFN/c1-7(13)11-6-8-5-9(12)3-4-10(8)14(11)2/h3-7H,1-2H3. The predicted octanol–water partition coefficient (Wildman–Crippen LogP) is 3.97. The van der Waals surface area contributed by atoms with Gasteiger partial charge in [-0.3, -0.25) is 0 Å². The van der Waals surface area contributed by atoms with Crippen molar-refractivity contribution in [2.24, 2.45) is 7.05 Å². The zero-order chi connectivity index (χ0) is 10.3. The third-order valence-corrected chi connectivity index (χ3v) is 2.94. The summed E-state index contributed by atoms with van der Waals surface area (Å²) in [5.41, 5.74) is 1.78. The monoisotopic (exact) mass is 255 g/mol. The Morgan fingerprint density at radius 2 is 2.07 bits per heavy atom. The lowest BCUT2D eigenvalue weighted by Crippen LogP contribution is -1.96. The van der Waals surface area contributed by atoms with Gasteiger partial charge in [0.2, 0.25) is 0 Å². The van der Waals surface area contributed by atoms with Crippen LogP contribution in [0.25, 0.3) is 10.9 Å². The topological polar surface area (TPSA) is 4.93 Å². The lowest BCUT2D eigenvalue weighted by atomic mass is 10.2. The van der Waals surface area contributed by atoms with Gasteiger partial charge in [0.25, 0.3) is 0 Å². The maximum atomic E-state index is 13.2. The van der Waals surface area contributed by atoms with Crippen LogP contribution < -0.4 is 0 Å². The van der Waals surface area contributed by atoms with E-state index in [-0.39, 0.29) is 0 Å². The molecule has 2 rings (SSSR count). The number of aromatic nitrogens is 1. The van der Waals surface area contributed by atoms with Crippen LogP contribution in [0.1, 0.15) is 18.8 Å². The van der Waals surface area contributed by atoms with Gasteiger partial charge in [0.05, 0.1) is 5.69 Å². The van der Waals surface area contributed by atoms with Crippen LogP contribution in [0.3, 0.4) is 0 Å². The van der Waals surface area contributed by atoms with Crippen molar-refractivity contribution in [1.29, 1.82) is 0 Å². The number of benzene rings is 1. The molecule has 14 heavy (non-hydrogen) atoms. The average Bonchev–Trinajstić information content (AvgIpc) is 2.43. The van der Waals surface area contributed by atoms with E-state index in [0.29, 0.717) is 0 Å². The summed E-state index contributed by atoms with van der Waals surface area (Å²) in [7, 11) is 1.89. The predicted molar refractivity (Wildman–Crippen MR) is 60.1 cm³/mol. The minimum absolute atomic E-state index is 0.720. The molecule has 0 fully saturated rings. The molecule has 0 aliphatic rings. The molecule has 0 N–H and O–H groups in total. The van der Waals surface area contributed by atoms with E-state index in [4.69, 9.17) is 0 Å². The van der Waals surface area contributed by atoms with Gasteiger partial charge in [0, 0.05) is 22.4 Å². The highest BCUT2D eigenvalue weighted by molar-refractivity contribution is 9.10. The van der Waals surface area contributed by atoms with Crippen LogP contribution in [-0.2, 0) is 7.05 Å². The highest BCUT2D eigenvalue weighted by atomic mass is 79.9. The first-order valence-electron chi connectivity index (χ1n) is 4.48. The number of fused-ring (bicyclic) bond motifs is 1. The number of nitrogens with zero attached hydrogens (tertiary/aromatic N) is 1. The Labute approximate surface area is 90.7 Å². The third-order valence-electron chi connectivity index (χ3n) is 2.45. The van der Waals surface area contributed by atoms with Gasteiger partial charge in [0.1, 0.15) is 6.17 Å². The first-order valence-corrected chi connectivity index (χ1v) is 5.28. The largest absolute Gasteiger partial charge is 0.345 e. The Hall–Kier alpha value is -0.830. The van der Waals surface area contributed by atoms with Crippen LogP contribution in [0.4, 0.5) is 4.39 Å². The summed E-state index contributed by atoms with van der Waals surface area (Å²) in [6, 6.07) is 7.85. The number of hydrogen-bond acceptors (Lipinski definition) is 0. The minimum atomic E-state index is -0.925. The van der Waals surface area contributed by atoms with E-state index in [1.54, 1.807) is 6.92 Å². The molecule has 0 bridgehead atoms. The Kier molecular flexibility index (Phi) is 2.35. The van der Waals surface area contributed by atoms with Crippen molar-refractivity contribution < 1.29 is 4.39 Å². The summed E-state index contributed by atoms with van der Waals surface area (Å²) in [4.78, 5) is 0. The van der Waals surface area contributed by atoms with Crippen LogP contribution in [-0.4, -0.2) is 4.57 Å². The maximum absolute atomic E-state index is 13.2. The Balaban J connectivity index is 2.73. The van der Waals surface area contributed by atoms with E-state index in [1.807, 2.05) is 35.9 Å². The third kappa shape index (κ3) is 1.46. The molecule has 1 nitrogen and oxygen atoms in total. The van der Waals surface area contributed by atoms with Gasteiger partial charge < -0.3 is 4.57 Å². The van der Waals surface area contributed by atoms with Crippen molar-refractivity contribution in [2.75, 3.05) is 0 Å². The number of alkyl halides is 1. The summed E-state index contributed by atoms with van der Waals surface area (Å²) in [6.07, 6.45) is -0.925. The molecule has 2 aromatic rings. The molecule has 0 saturated heterocycles. The number of halogens is 2. The average molecular weight is 256 g/mol. The number of rotatable bonds is 1. The highest BCUT2D eigenvalue weighted by Gasteiger charge is 2.10. The maximum Gasteiger partial charge on any atom is 0.137 e. The molecule has 1 unspecified atom stereocenters. The number of hydrogen-bond donors (Lipinski definition) is 0. The van der Waals surface area contributed by atoms with Gasteiger partial charge in [-0.05, 0) is 31.2 Å². The van der Waals surface area contributed by atoms with Crippen LogP contribution in [0.5, 0.6) is 0 Å². The summed E-state index contributed by atoms with van der Waals surface area (Å²) in [5, 5.41) is 1.07. The molecule has 1 aromatic carbocycles. The summed E-state index contributed by atoms with van der Waals surface area (Å²) >= 11 is 3.40. The SMILES string of the molecule is CC(F)c1cc2cc(Br)ccc2n1C. The van der Waals surface area contributed by atoms with E-state index >= 15 is 0 Å². The first kappa shape index (κ1) is 9.71. The fraction of sp³-hybridized carbons (Fsp3) is 0.273. The molecule has 0 radical (unpaired) electrons. The molecule has 0 aliphatic carbocycles. The van der Waals surface area contributed by atoms with E-state index in [1.165, 1.54) is 0 Å². The van der Waals surface area contributed by atoms with E-state index in [2.05, 4.69) is 15.9 Å². The molecule has 1 aromatic heterocycles. The highest BCUT2D eigenvalue weighted by Crippen LogP contribution is 2.27. The van der Waals surface area contributed by atoms with Crippen molar-refractivity contribution in [3.8, 4) is 0 Å². The normalized spacial score (nSPS) is 13.4. The second kappa shape index (κ2) is 3.39. The van der Waals surface area contributed by atoms with Gasteiger partial charge in [-0.1, -0.05) is 15.9 Å². The molecule has 0 aliphatic heterocycles. The lowest BCUT2D eigenvalue weighted by molar-refractivity contribution is 0.359. The Morgan fingerprint density at radius 1 is 1.36 bits per heavy atom. The van der Waals surface area contributed by atoms with E-state index < -0.39 is 6.17 Å². The smallest absolute Gasteiger partial charge is 0.137 e. The summed E-state index contributed by atoms with van der Waals surface area (Å²) in [5.74, 6) is 0. The first-order chi connectivity index (χ1) is 6.59. The molecular formula is C11H11BrFN. The van der Waals surface area contributed by atoms with Crippen molar-refractivity contribution in [3.63, 3.8) is 0 Å². The second-order valence-electron chi connectivity index (χ2n) is 3.45. The molecule has 1 heterocycles. The van der Waals surface area contributed by atoms with E-state index in [0.717, 1.165) is 21.1 Å². The lowest BCUT2D eigenvalue weighted by Gasteiger charge is -2.03. The second-order valence-corrected chi connectivity index (χ2v) is 4.36. The molecule has 3 heteroatoms. The number of aryl methyl sites for hydroxylation is 1. The fourth-order valence-corrected chi connectivity index (χ4v) is 2.10. The van der Waals surface area contributed by atoms with Crippen LogP contribution in [0.15, 0.2) is 28.7 Å². The molecule has 74 valence electrons. The summed E-state index contributed by atoms with van der Waals surface area (Å²) < 4.78 is 16.1. The van der Waals surface area contributed by atoms with E-state index in [9.17, 15) is 4.39 Å². The van der Waals surface area contributed by atoms with Gasteiger partial charge in [-0.2, -0.15) is 0 Å². The van der Waals surface area contributed by atoms with Gasteiger partial charge in [-0.25, -0.2) is 4.39 Å². The molecule has 0 saturated carbocycles. The fourth-order valence-electron chi connectivity index (χ4n) is 1.72. The molecule has 0 amide bonds. The van der Waals surface area contributed by atoms with Crippen molar-refractivity contribution in [1.82, 2.24) is 4.57 Å². The zero-order valence-corrected chi connectivity index (χ0v) is 9.68. The molecular weight excluding hydrogens is 245 g/mol. The minimum Gasteiger partial charge on any atom is -0.345 e. The molecule has 0 spiro atoms. The van der Waals surface area contributed by atoms with Gasteiger partial charge >= 0.3 is 0 Å². The van der Waals surface area contributed by atoms with Crippen molar-refractivity contribution >= 4 is 26.8 Å². The Bertz CT molecular complexity index is 473. The quantitative estimate of drug-likeness (QED) is 0.727. The van der Waals surface area contributed by atoms with Crippen molar-refractivity contribution in [3.05, 3.63) is 34.4 Å². The zero-order valence-electron chi connectivity index (χ0n) is 8.09. The summed E-state index contributed by atoms with van der Waals surface area (Å²) in [6.45, 7) is 1.56. The van der Waals surface area contributed by atoms with Crippen LogP contribution >= 0.6 is 15.9 Å².